The minimum absolute atomic E-state index is 0.0288. The summed E-state index contributed by atoms with van der Waals surface area (Å²) in [5.41, 5.74) is 0.879. The third-order valence-electron chi connectivity index (χ3n) is 2.85. The molecule has 98 valence electrons. The smallest absolute Gasteiger partial charge is 0.265 e. The monoisotopic (exact) mass is 361 g/mol. The number of hydrogen-bond donors (Lipinski definition) is 0. The minimum atomic E-state index is 0.0288. The van der Waals surface area contributed by atoms with Crippen molar-refractivity contribution in [3.8, 4) is 5.75 Å². The van der Waals surface area contributed by atoms with Crippen LogP contribution in [0.25, 0.3) is 0 Å². The molecule has 5 heteroatoms. The van der Waals surface area contributed by atoms with Crippen LogP contribution in [0.4, 0.5) is 5.69 Å². The molecule has 0 aromatic heterocycles. The quantitative estimate of drug-likeness (QED) is 0.598. The van der Waals surface area contributed by atoms with Gasteiger partial charge in [-0.25, -0.2) is 0 Å². The molecule has 0 atom stereocenters. The zero-order valence-electron chi connectivity index (χ0n) is 10.3. The number of unbranched alkanes of at least 4 members (excludes halogenated alkanes) is 1. The van der Waals surface area contributed by atoms with E-state index in [-0.39, 0.29) is 12.5 Å². The maximum atomic E-state index is 11.9. The molecule has 4 nitrogen and oxygen atoms in total. The molecule has 0 saturated carbocycles. The molecule has 1 aliphatic rings. The molecule has 2 rings (SSSR count). The highest BCUT2D eigenvalue weighted by atomic mass is 127. The summed E-state index contributed by atoms with van der Waals surface area (Å²) in [6.45, 7) is 1.59. The van der Waals surface area contributed by atoms with Gasteiger partial charge in [-0.1, -0.05) is 0 Å². The van der Waals surface area contributed by atoms with Gasteiger partial charge in [0.15, 0.2) is 6.61 Å². The zero-order valence-corrected chi connectivity index (χ0v) is 12.5. The van der Waals surface area contributed by atoms with Crippen molar-refractivity contribution in [2.45, 2.75) is 12.8 Å². The predicted octanol–water partition coefficient (Wildman–Crippen LogP) is 2.44. The number of fused-ring (bicyclic) bond motifs is 1. The summed E-state index contributed by atoms with van der Waals surface area (Å²) in [6.07, 6.45) is 1.89. The number of ether oxygens (including phenoxy) is 2. The fraction of sp³-hybridized carbons (Fsp3) is 0.462. The molecule has 0 unspecified atom stereocenters. The Bertz CT molecular complexity index is 436. The number of halogens is 1. The number of carbonyl (C=O) groups excluding carboxylic acids is 1. The van der Waals surface area contributed by atoms with Crippen LogP contribution in [-0.2, 0) is 9.53 Å². The Hall–Kier alpha value is -0.820. The highest BCUT2D eigenvalue weighted by molar-refractivity contribution is 14.1. The first-order valence-electron chi connectivity index (χ1n) is 5.94. The highest BCUT2D eigenvalue weighted by Crippen LogP contribution is 2.33. The van der Waals surface area contributed by atoms with Gasteiger partial charge in [-0.15, -0.1) is 0 Å². The highest BCUT2D eigenvalue weighted by Gasteiger charge is 2.24. The molecule has 0 fully saturated rings. The van der Waals surface area contributed by atoms with Crippen LogP contribution in [0.15, 0.2) is 18.2 Å². The van der Waals surface area contributed by atoms with Crippen molar-refractivity contribution >= 4 is 34.2 Å². The summed E-state index contributed by atoms with van der Waals surface area (Å²) in [4.78, 5) is 13.7. The third-order valence-corrected chi connectivity index (χ3v) is 3.52. The first kappa shape index (κ1) is 13.6. The normalized spacial score (nSPS) is 14.3. The minimum Gasteiger partial charge on any atom is -0.482 e. The SMILES string of the molecule is COCCCCN1C(=O)COc2cc(I)ccc21. The first-order chi connectivity index (χ1) is 8.72. The van der Waals surface area contributed by atoms with Crippen LogP contribution in [0.3, 0.4) is 0 Å². The molecule has 1 aromatic rings. The van der Waals surface area contributed by atoms with Gasteiger partial charge < -0.3 is 14.4 Å². The van der Waals surface area contributed by atoms with E-state index in [2.05, 4.69) is 22.6 Å². The Balaban J connectivity index is 2.08. The van der Waals surface area contributed by atoms with Crippen molar-refractivity contribution in [3.63, 3.8) is 0 Å². The van der Waals surface area contributed by atoms with Crippen LogP contribution in [0.2, 0.25) is 0 Å². The van der Waals surface area contributed by atoms with Crippen LogP contribution >= 0.6 is 22.6 Å². The lowest BCUT2D eigenvalue weighted by Crippen LogP contribution is -2.39. The van der Waals surface area contributed by atoms with E-state index in [1.54, 1.807) is 7.11 Å². The molecule has 1 aliphatic heterocycles. The Morgan fingerprint density at radius 1 is 1.44 bits per heavy atom. The number of hydrogen-bond acceptors (Lipinski definition) is 3. The van der Waals surface area contributed by atoms with E-state index in [0.717, 1.165) is 41.0 Å². The standard InChI is InChI=1S/C13H16INO3/c1-17-7-3-2-6-15-11-5-4-10(14)8-12(11)18-9-13(15)16/h4-5,8H,2-3,6-7,9H2,1H3. The Kier molecular flexibility index (Phi) is 4.82. The molecule has 0 spiro atoms. The van der Waals surface area contributed by atoms with Crippen molar-refractivity contribution in [2.24, 2.45) is 0 Å². The molecule has 0 saturated heterocycles. The third kappa shape index (κ3) is 3.14. The summed E-state index contributed by atoms with van der Waals surface area (Å²) in [7, 11) is 1.69. The second-order valence-corrected chi connectivity index (χ2v) is 5.39. The summed E-state index contributed by atoms with van der Waals surface area (Å²) in [6, 6.07) is 5.90. The molecule has 0 radical (unpaired) electrons. The second-order valence-electron chi connectivity index (χ2n) is 4.15. The number of amides is 1. The van der Waals surface area contributed by atoms with E-state index < -0.39 is 0 Å². The van der Waals surface area contributed by atoms with Gasteiger partial charge in [0.05, 0.1) is 5.69 Å². The van der Waals surface area contributed by atoms with Gasteiger partial charge in [0, 0.05) is 23.8 Å². The molecular weight excluding hydrogens is 345 g/mol. The van der Waals surface area contributed by atoms with E-state index in [9.17, 15) is 4.79 Å². The van der Waals surface area contributed by atoms with E-state index in [4.69, 9.17) is 9.47 Å². The van der Waals surface area contributed by atoms with Crippen LogP contribution in [0.5, 0.6) is 5.75 Å². The number of nitrogens with zero attached hydrogens (tertiary/aromatic N) is 1. The summed E-state index contributed by atoms with van der Waals surface area (Å²) in [5.74, 6) is 0.828. The number of methoxy groups -OCH3 is 1. The molecule has 0 N–H and O–H groups in total. The van der Waals surface area contributed by atoms with Gasteiger partial charge in [0.1, 0.15) is 5.75 Å². The fourth-order valence-corrected chi connectivity index (χ4v) is 2.40. The maximum Gasteiger partial charge on any atom is 0.265 e. The summed E-state index contributed by atoms with van der Waals surface area (Å²) >= 11 is 2.24. The second kappa shape index (κ2) is 6.38. The molecule has 18 heavy (non-hydrogen) atoms. The summed E-state index contributed by atoms with van der Waals surface area (Å²) in [5, 5.41) is 0. The van der Waals surface area contributed by atoms with Gasteiger partial charge >= 0.3 is 0 Å². The predicted molar refractivity (Wildman–Crippen MR) is 78.1 cm³/mol. The van der Waals surface area contributed by atoms with Crippen molar-refractivity contribution in [3.05, 3.63) is 21.8 Å². The largest absolute Gasteiger partial charge is 0.482 e. The van der Waals surface area contributed by atoms with Gasteiger partial charge in [-0.2, -0.15) is 0 Å². The topological polar surface area (TPSA) is 38.8 Å². The maximum absolute atomic E-state index is 11.9. The molecule has 0 aliphatic carbocycles. The van der Waals surface area contributed by atoms with Crippen molar-refractivity contribution in [2.75, 3.05) is 31.8 Å². The van der Waals surface area contributed by atoms with Crippen molar-refractivity contribution in [1.82, 2.24) is 0 Å². The molecule has 0 bridgehead atoms. The van der Waals surface area contributed by atoms with Crippen LogP contribution in [-0.4, -0.2) is 32.8 Å². The first-order valence-corrected chi connectivity index (χ1v) is 7.02. The lowest BCUT2D eigenvalue weighted by atomic mass is 10.2. The van der Waals surface area contributed by atoms with E-state index in [1.807, 2.05) is 23.1 Å². The molecule has 1 heterocycles. The van der Waals surface area contributed by atoms with E-state index in [1.165, 1.54) is 0 Å². The Morgan fingerprint density at radius 2 is 2.28 bits per heavy atom. The lowest BCUT2D eigenvalue weighted by Gasteiger charge is -2.29. The average molecular weight is 361 g/mol. The summed E-state index contributed by atoms with van der Waals surface area (Å²) < 4.78 is 11.6. The van der Waals surface area contributed by atoms with Crippen molar-refractivity contribution in [1.29, 1.82) is 0 Å². The Morgan fingerprint density at radius 3 is 3.06 bits per heavy atom. The Labute approximate surface area is 120 Å². The number of carbonyl (C=O) groups is 1. The van der Waals surface area contributed by atoms with Crippen LogP contribution < -0.4 is 9.64 Å². The van der Waals surface area contributed by atoms with Crippen LogP contribution in [0, 0.1) is 3.57 Å². The molecular formula is C13H16INO3. The molecule has 1 aromatic carbocycles. The number of benzene rings is 1. The fourth-order valence-electron chi connectivity index (χ4n) is 1.94. The lowest BCUT2D eigenvalue weighted by molar-refractivity contribution is -0.121. The number of anilines is 1. The van der Waals surface area contributed by atoms with E-state index in [0.29, 0.717) is 0 Å². The van der Waals surface area contributed by atoms with Crippen molar-refractivity contribution < 1.29 is 14.3 Å². The van der Waals surface area contributed by atoms with Gasteiger partial charge in [-0.05, 0) is 53.6 Å². The van der Waals surface area contributed by atoms with E-state index >= 15 is 0 Å². The molecule has 1 amide bonds. The van der Waals surface area contributed by atoms with Gasteiger partial charge in [0.2, 0.25) is 0 Å². The van der Waals surface area contributed by atoms with Gasteiger partial charge in [0.25, 0.3) is 5.91 Å². The average Bonchev–Trinajstić information content (AvgIpc) is 2.37. The number of rotatable bonds is 5. The van der Waals surface area contributed by atoms with Crippen LogP contribution in [0.1, 0.15) is 12.8 Å². The zero-order chi connectivity index (χ0) is 13.0. The van der Waals surface area contributed by atoms with Gasteiger partial charge in [-0.3, -0.25) is 4.79 Å².